The lowest BCUT2D eigenvalue weighted by molar-refractivity contribution is -0.124. The van der Waals surface area contributed by atoms with E-state index in [0.717, 1.165) is 5.56 Å². The van der Waals surface area contributed by atoms with Crippen molar-refractivity contribution in [3.8, 4) is 6.07 Å². The van der Waals surface area contributed by atoms with Crippen LogP contribution in [0.25, 0.3) is 6.08 Å². The highest BCUT2D eigenvalue weighted by Gasteiger charge is 2.47. The topological polar surface area (TPSA) is 73.1 Å². The van der Waals surface area contributed by atoms with Gasteiger partial charge in [0.2, 0.25) is 5.91 Å². The Balaban J connectivity index is 1.91. The summed E-state index contributed by atoms with van der Waals surface area (Å²) < 4.78 is 0. The number of hydrogen-bond donors (Lipinski definition) is 2. The van der Waals surface area contributed by atoms with Crippen LogP contribution in [0.15, 0.2) is 30.3 Å². The van der Waals surface area contributed by atoms with Crippen molar-refractivity contribution in [1.29, 1.82) is 5.26 Å². The van der Waals surface area contributed by atoms with Crippen LogP contribution in [-0.2, 0) is 4.79 Å². The molecule has 0 heterocycles. The minimum absolute atomic E-state index is 0.00983. The standard InChI is InChI=1S/C16H18N2O2/c1-16(2)13(9-14(16)19)18-15(20)8-7-11-3-5-12(10-17)6-4-11/h3-8,13-14,19H,9H2,1-2H3,(H,18,20)/b8-7+. The predicted octanol–water partition coefficient (Wildman–Crippen LogP) is 1.85. The summed E-state index contributed by atoms with van der Waals surface area (Å²) in [5.41, 5.74) is 1.20. The second kappa shape index (κ2) is 5.48. The van der Waals surface area contributed by atoms with Gasteiger partial charge in [-0.3, -0.25) is 4.79 Å². The summed E-state index contributed by atoms with van der Waals surface area (Å²) in [5, 5.41) is 21.2. The fraction of sp³-hybridized carbons (Fsp3) is 0.375. The first-order valence-corrected chi connectivity index (χ1v) is 6.60. The van der Waals surface area contributed by atoms with E-state index in [1.54, 1.807) is 30.3 Å². The number of nitrogens with zero attached hydrogens (tertiary/aromatic N) is 1. The minimum Gasteiger partial charge on any atom is -0.392 e. The Labute approximate surface area is 118 Å². The summed E-state index contributed by atoms with van der Waals surface area (Å²) in [4.78, 5) is 11.8. The maximum Gasteiger partial charge on any atom is 0.244 e. The van der Waals surface area contributed by atoms with Crippen LogP contribution >= 0.6 is 0 Å². The molecule has 2 rings (SSSR count). The van der Waals surface area contributed by atoms with Gasteiger partial charge in [-0.05, 0) is 30.2 Å². The molecule has 0 saturated heterocycles. The van der Waals surface area contributed by atoms with Gasteiger partial charge in [-0.15, -0.1) is 0 Å². The molecule has 0 radical (unpaired) electrons. The Bertz CT molecular complexity index is 567. The van der Waals surface area contributed by atoms with Gasteiger partial charge in [0.25, 0.3) is 0 Å². The molecule has 1 aromatic rings. The highest BCUT2D eigenvalue weighted by atomic mass is 16.3. The molecule has 4 heteroatoms. The maximum atomic E-state index is 11.8. The zero-order valence-electron chi connectivity index (χ0n) is 11.6. The minimum atomic E-state index is -0.352. The number of carbonyl (C=O) groups is 1. The fourth-order valence-corrected chi connectivity index (χ4v) is 2.21. The lowest BCUT2D eigenvalue weighted by atomic mass is 9.64. The van der Waals surface area contributed by atoms with Crippen molar-refractivity contribution in [3.63, 3.8) is 0 Å². The van der Waals surface area contributed by atoms with Crippen LogP contribution in [0.1, 0.15) is 31.4 Å². The zero-order chi connectivity index (χ0) is 14.8. The SMILES string of the molecule is CC1(C)C(O)CC1NC(=O)/C=C/c1ccc(C#N)cc1. The fourth-order valence-electron chi connectivity index (χ4n) is 2.21. The van der Waals surface area contributed by atoms with Crippen molar-refractivity contribution < 1.29 is 9.90 Å². The van der Waals surface area contributed by atoms with E-state index in [1.807, 2.05) is 19.9 Å². The molecule has 20 heavy (non-hydrogen) atoms. The van der Waals surface area contributed by atoms with Crippen LogP contribution < -0.4 is 5.32 Å². The molecule has 1 fully saturated rings. The first kappa shape index (κ1) is 14.3. The molecule has 2 unspecified atom stereocenters. The van der Waals surface area contributed by atoms with Crippen LogP contribution in [-0.4, -0.2) is 23.2 Å². The van der Waals surface area contributed by atoms with E-state index in [0.29, 0.717) is 12.0 Å². The predicted molar refractivity (Wildman–Crippen MR) is 76.5 cm³/mol. The molecular weight excluding hydrogens is 252 g/mol. The number of aliphatic hydroxyl groups excluding tert-OH is 1. The average molecular weight is 270 g/mol. The molecule has 4 nitrogen and oxygen atoms in total. The van der Waals surface area contributed by atoms with E-state index < -0.39 is 0 Å². The van der Waals surface area contributed by atoms with E-state index in [9.17, 15) is 9.90 Å². The molecular formula is C16H18N2O2. The summed E-state index contributed by atoms with van der Waals surface area (Å²) in [6.45, 7) is 3.88. The van der Waals surface area contributed by atoms with Gasteiger partial charge in [0.15, 0.2) is 0 Å². The van der Waals surface area contributed by atoms with Crippen molar-refractivity contribution in [2.75, 3.05) is 0 Å². The van der Waals surface area contributed by atoms with Crippen molar-refractivity contribution in [1.82, 2.24) is 5.32 Å². The normalized spacial score (nSPS) is 23.9. The molecule has 2 N–H and O–H groups in total. The van der Waals surface area contributed by atoms with Gasteiger partial charge in [0, 0.05) is 17.5 Å². The first-order valence-electron chi connectivity index (χ1n) is 6.60. The van der Waals surface area contributed by atoms with Crippen LogP contribution in [0, 0.1) is 16.7 Å². The van der Waals surface area contributed by atoms with Gasteiger partial charge < -0.3 is 10.4 Å². The Morgan fingerprint density at radius 1 is 1.45 bits per heavy atom. The highest BCUT2D eigenvalue weighted by Crippen LogP contribution is 2.40. The van der Waals surface area contributed by atoms with Gasteiger partial charge in [-0.1, -0.05) is 26.0 Å². The molecule has 1 aromatic carbocycles. The Morgan fingerprint density at radius 3 is 2.60 bits per heavy atom. The highest BCUT2D eigenvalue weighted by molar-refractivity contribution is 5.92. The number of nitriles is 1. The molecule has 1 aliphatic rings. The molecule has 0 spiro atoms. The number of amides is 1. The second-order valence-electron chi connectivity index (χ2n) is 5.70. The summed E-state index contributed by atoms with van der Waals surface area (Å²) >= 11 is 0. The van der Waals surface area contributed by atoms with Gasteiger partial charge in [0.1, 0.15) is 0 Å². The van der Waals surface area contributed by atoms with E-state index in [-0.39, 0.29) is 23.5 Å². The number of aliphatic hydroxyl groups is 1. The number of rotatable bonds is 3. The lowest BCUT2D eigenvalue weighted by Crippen LogP contribution is -2.60. The molecule has 1 saturated carbocycles. The van der Waals surface area contributed by atoms with Gasteiger partial charge in [-0.2, -0.15) is 5.26 Å². The van der Waals surface area contributed by atoms with E-state index in [1.165, 1.54) is 6.08 Å². The van der Waals surface area contributed by atoms with Crippen molar-refractivity contribution in [2.24, 2.45) is 5.41 Å². The van der Waals surface area contributed by atoms with Gasteiger partial charge >= 0.3 is 0 Å². The lowest BCUT2D eigenvalue weighted by Gasteiger charge is -2.49. The number of benzene rings is 1. The molecule has 1 amide bonds. The molecule has 104 valence electrons. The quantitative estimate of drug-likeness (QED) is 0.823. The largest absolute Gasteiger partial charge is 0.392 e. The number of nitrogens with one attached hydrogen (secondary N) is 1. The van der Waals surface area contributed by atoms with Gasteiger partial charge in [0.05, 0.1) is 17.7 Å². The Kier molecular flexibility index (Phi) is 3.91. The van der Waals surface area contributed by atoms with E-state index in [4.69, 9.17) is 5.26 Å². The maximum absolute atomic E-state index is 11.8. The Morgan fingerprint density at radius 2 is 2.10 bits per heavy atom. The third kappa shape index (κ3) is 2.89. The van der Waals surface area contributed by atoms with Crippen LogP contribution in [0.2, 0.25) is 0 Å². The van der Waals surface area contributed by atoms with Crippen molar-refractivity contribution in [2.45, 2.75) is 32.4 Å². The first-order chi connectivity index (χ1) is 9.43. The number of hydrogen-bond acceptors (Lipinski definition) is 3. The summed E-state index contributed by atoms with van der Waals surface area (Å²) in [6, 6.07) is 9.06. The van der Waals surface area contributed by atoms with Crippen LogP contribution in [0.3, 0.4) is 0 Å². The van der Waals surface area contributed by atoms with E-state index >= 15 is 0 Å². The third-order valence-corrected chi connectivity index (χ3v) is 4.00. The molecule has 2 atom stereocenters. The molecule has 0 bridgehead atoms. The molecule has 0 aliphatic heterocycles. The Hall–Kier alpha value is -2.12. The monoisotopic (exact) mass is 270 g/mol. The van der Waals surface area contributed by atoms with Gasteiger partial charge in [-0.25, -0.2) is 0 Å². The molecule has 0 aromatic heterocycles. The second-order valence-corrected chi connectivity index (χ2v) is 5.70. The summed E-state index contributed by atoms with van der Waals surface area (Å²) in [7, 11) is 0. The molecule has 1 aliphatic carbocycles. The average Bonchev–Trinajstić information content (AvgIpc) is 2.45. The van der Waals surface area contributed by atoms with Crippen molar-refractivity contribution >= 4 is 12.0 Å². The third-order valence-electron chi connectivity index (χ3n) is 4.00. The summed E-state index contributed by atoms with van der Waals surface area (Å²) in [6.07, 6.45) is 3.43. The smallest absolute Gasteiger partial charge is 0.244 e. The van der Waals surface area contributed by atoms with Crippen molar-refractivity contribution in [3.05, 3.63) is 41.5 Å². The van der Waals surface area contributed by atoms with Crippen LogP contribution in [0.5, 0.6) is 0 Å². The summed E-state index contributed by atoms with van der Waals surface area (Å²) in [5.74, 6) is -0.167. The number of carbonyl (C=O) groups excluding carboxylic acids is 1. The van der Waals surface area contributed by atoms with Crippen LogP contribution in [0.4, 0.5) is 0 Å². The zero-order valence-corrected chi connectivity index (χ0v) is 11.6. The van der Waals surface area contributed by atoms with E-state index in [2.05, 4.69) is 5.32 Å².